The Hall–Kier alpha value is -1.51. The quantitative estimate of drug-likeness (QED) is 0.854. The molecule has 3 nitrogen and oxygen atoms in total. The van der Waals surface area contributed by atoms with Gasteiger partial charge in [0.25, 0.3) is 5.91 Å². The van der Waals surface area contributed by atoms with Crippen LogP contribution in [0.25, 0.3) is 0 Å². The lowest BCUT2D eigenvalue weighted by atomic mass is 9.98. The lowest BCUT2D eigenvalue weighted by Gasteiger charge is -2.16. The number of aromatic hydroxyl groups is 1. The van der Waals surface area contributed by atoms with Gasteiger partial charge in [-0.1, -0.05) is 0 Å². The average molecular weight is 259 g/mol. The molecule has 2 fully saturated rings. The first-order valence-electron chi connectivity index (χ1n) is 7.23. The molecule has 0 aromatic heterocycles. The van der Waals surface area contributed by atoms with Crippen LogP contribution in [0.3, 0.4) is 0 Å². The van der Waals surface area contributed by atoms with Crippen LogP contribution in [0.1, 0.15) is 41.6 Å². The van der Waals surface area contributed by atoms with Gasteiger partial charge in [-0.2, -0.15) is 0 Å². The maximum atomic E-state index is 12.1. The van der Waals surface area contributed by atoms with Crippen LogP contribution in [-0.2, 0) is 0 Å². The Morgan fingerprint density at radius 3 is 2.47 bits per heavy atom. The summed E-state index contributed by atoms with van der Waals surface area (Å²) in [7, 11) is 0. The fraction of sp³-hybridized carbons (Fsp3) is 0.562. The molecule has 102 valence electrons. The third-order valence-electron chi connectivity index (χ3n) is 4.41. The van der Waals surface area contributed by atoms with E-state index in [0.29, 0.717) is 11.5 Å². The first-order valence-corrected chi connectivity index (χ1v) is 7.23. The smallest absolute Gasteiger partial charge is 0.251 e. The van der Waals surface area contributed by atoms with Crippen molar-refractivity contribution in [2.24, 2.45) is 17.8 Å². The number of carbonyl (C=O) groups is 1. The van der Waals surface area contributed by atoms with Crippen LogP contribution < -0.4 is 5.32 Å². The minimum absolute atomic E-state index is 0.0191. The summed E-state index contributed by atoms with van der Waals surface area (Å²) < 4.78 is 0. The Bertz CT molecular complexity index is 478. The molecule has 1 aromatic rings. The van der Waals surface area contributed by atoms with E-state index in [2.05, 4.69) is 5.32 Å². The average Bonchev–Trinajstić information content (AvgIpc) is 3.26. The number of phenols is 1. The van der Waals surface area contributed by atoms with Crippen molar-refractivity contribution in [1.82, 2.24) is 5.32 Å². The molecule has 3 heteroatoms. The predicted octanol–water partition coefficient (Wildman–Crippen LogP) is 2.87. The summed E-state index contributed by atoms with van der Waals surface area (Å²) >= 11 is 0. The predicted molar refractivity (Wildman–Crippen MR) is 74.1 cm³/mol. The molecular weight excluding hydrogens is 238 g/mol. The Morgan fingerprint density at radius 2 is 1.95 bits per heavy atom. The number of carbonyl (C=O) groups excluding carboxylic acids is 1. The molecule has 0 bridgehead atoms. The van der Waals surface area contributed by atoms with Gasteiger partial charge in [-0.3, -0.25) is 4.79 Å². The van der Waals surface area contributed by atoms with Gasteiger partial charge in [0.15, 0.2) is 0 Å². The molecule has 0 heterocycles. The molecule has 2 aliphatic carbocycles. The van der Waals surface area contributed by atoms with E-state index in [1.807, 2.05) is 6.92 Å². The highest BCUT2D eigenvalue weighted by molar-refractivity contribution is 5.94. The summed E-state index contributed by atoms with van der Waals surface area (Å²) in [5, 5.41) is 12.5. The summed E-state index contributed by atoms with van der Waals surface area (Å²) in [6.07, 6.45) is 5.37. The van der Waals surface area contributed by atoms with Gasteiger partial charge in [-0.15, -0.1) is 0 Å². The topological polar surface area (TPSA) is 49.3 Å². The molecule has 2 saturated carbocycles. The van der Waals surface area contributed by atoms with E-state index in [1.165, 1.54) is 25.7 Å². The van der Waals surface area contributed by atoms with E-state index >= 15 is 0 Å². The molecule has 1 aromatic carbocycles. The van der Waals surface area contributed by atoms with Gasteiger partial charge < -0.3 is 10.4 Å². The molecule has 2 aliphatic rings. The SMILES string of the molecule is Cc1cc(C(=O)NCC(C2CC2)C2CC2)ccc1O. The second-order valence-corrected chi connectivity index (χ2v) is 6.05. The number of hydrogen-bond acceptors (Lipinski definition) is 2. The van der Waals surface area contributed by atoms with Crippen molar-refractivity contribution < 1.29 is 9.90 Å². The minimum Gasteiger partial charge on any atom is -0.508 e. The van der Waals surface area contributed by atoms with Gasteiger partial charge in [0, 0.05) is 12.1 Å². The van der Waals surface area contributed by atoms with Crippen molar-refractivity contribution in [3.05, 3.63) is 29.3 Å². The second kappa shape index (κ2) is 4.87. The zero-order valence-corrected chi connectivity index (χ0v) is 11.4. The third kappa shape index (κ3) is 2.91. The van der Waals surface area contributed by atoms with E-state index in [0.717, 1.165) is 23.9 Å². The number of hydrogen-bond donors (Lipinski definition) is 2. The summed E-state index contributed by atoms with van der Waals surface area (Å²) in [4.78, 5) is 12.1. The van der Waals surface area contributed by atoms with Crippen molar-refractivity contribution >= 4 is 5.91 Å². The number of phenolic OH excluding ortho intramolecular Hbond substituents is 1. The number of nitrogens with one attached hydrogen (secondary N) is 1. The first-order chi connectivity index (χ1) is 9.15. The van der Waals surface area contributed by atoms with Gasteiger partial charge >= 0.3 is 0 Å². The number of benzene rings is 1. The number of aryl methyl sites for hydroxylation is 1. The van der Waals surface area contributed by atoms with Crippen LogP contribution >= 0.6 is 0 Å². The van der Waals surface area contributed by atoms with E-state index in [-0.39, 0.29) is 11.7 Å². The lowest BCUT2D eigenvalue weighted by molar-refractivity contribution is 0.0943. The Labute approximate surface area is 114 Å². The van der Waals surface area contributed by atoms with Crippen molar-refractivity contribution in [3.8, 4) is 5.75 Å². The van der Waals surface area contributed by atoms with Crippen molar-refractivity contribution in [2.75, 3.05) is 6.54 Å². The highest BCUT2D eigenvalue weighted by Crippen LogP contribution is 2.48. The van der Waals surface area contributed by atoms with Crippen LogP contribution in [0.4, 0.5) is 0 Å². The Morgan fingerprint density at radius 1 is 1.32 bits per heavy atom. The highest BCUT2D eigenvalue weighted by atomic mass is 16.3. The molecule has 3 rings (SSSR count). The monoisotopic (exact) mass is 259 g/mol. The molecule has 2 N–H and O–H groups in total. The summed E-state index contributed by atoms with van der Waals surface area (Å²) in [5.74, 6) is 2.63. The van der Waals surface area contributed by atoms with E-state index < -0.39 is 0 Å². The molecule has 0 spiro atoms. The molecular formula is C16H21NO2. The lowest BCUT2D eigenvalue weighted by Crippen LogP contribution is -2.31. The first kappa shape index (κ1) is 12.5. The van der Waals surface area contributed by atoms with E-state index in [1.54, 1.807) is 18.2 Å². The van der Waals surface area contributed by atoms with Gasteiger partial charge in [-0.05, 0) is 74.1 Å². The van der Waals surface area contributed by atoms with Crippen molar-refractivity contribution in [1.29, 1.82) is 0 Å². The number of amides is 1. The molecule has 0 atom stereocenters. The minimum atomic E-state index is -0.0191. The van der Waals surface area contributed by atoms with Gasteiger partial charge in [0.2, 0.25) is 0 Å². The van der Waals surface area contributed by atoms with Crippen molar-refractivity contribution in [2.45, 2.75) is 32.6 Å². The summed E-state index contributed by atoms with van der Waals surface area (Å²) in [6.45, 7) is 2.62. The van der Waals surface area contributed by atoms with E-state index in [4.69, 9.17) is 0 Å². The normalized spacial score (nSPS) is 18.6. The Kier molecular flexibility index (Phi) is 3.21. The van der Waals surface area contributed by atoms with Crippen LogP contribution in [-0.4, -0.2) is 17.6 Å². The van der Waals surface area contributed by atoms with E-state index in [9.17, 15) is 9.90 Å². The second-order valence-electron chi connectivity index (χ2n) is 6.05. The Balaban J connectivity index is 1.59. The fourth-order valence-corrected chi connectivity index (χ4v) is 2.88. The van der Waals surface area contributed by atoms with Crippen LogP contribution in [0.15, 0.2) is 18.2 Å². The zero-order valence-electron chi connectivity index (χ0n) is 11.4. The summed E-state index contributed by atoms with van der Waals surface area (Å²) in [5.41, 5.74) is 1.38. The van der Waals surface area contributed by atoms with Crippen molar-refractivity contribution in [3.63, 3.8) is 0 Å². The summed E-state index contributed by atoms with van der Waals surface area (Å²) in [6, 6.07) is 5.01. The molecule has 0 saturated heterocycles. The van der Waals surface area contributed by atoms with Gasteiger partial charge in [0.05, 0.1) is 0 Å². The largest absolute Gasteiger partial charge is 0.508 e. The van der Waals surface area contributed by atoms with Crippen LogP contribution in [0, 0.1) is 24.7 Å². The molecule has 0 aliphatic heterocycles. The van der Waals surface area contributed by atoms with Crippen LogP contribution in [0.5, 0.6) is 5.75 Å². The maximum absolute atomic E-state index is 12.1. The molecule has 1 amide bonds. The number of rotatable bonds is 5. The fourth-order valence-electron chi connectivity index (χ4n) is 2.88. The van der Waals surface area contributed by atoms with Crippen LogP contribution in [0.2, 0.25) is 0 Å². The molecule has 19 heavy (non-hydrogen) atoms. The zero-order chi connectivity index (χ0) is 13.4. The molecule has 0 radical (unpaired) electrons. The molecule has 0 unspecified atom stereocenters. The third-order valence-corrected chi connectivity index (χ3v) is 4.41. The maximum Gasteiger partial charge on any atom is 0.251 e. The highest BCUT2D eigenvalue weighted by Gasteiger charge is 2.41. The standard InChI is InChI=1S/C16H21NO2/c1-10-8-13(6-7-15(10)18)16(19)17-9-14(11-2-3-11)12-4-5-12/h6-8,11-12,14,18H,2-5,9H2,1H3,(H,17,19). The van der Waals surface area contributed by atoms with Gasteiger partial charge in [0.1, 0.15) is 5.75 Å². The van der Waals surface area contributed by atoms with Gasteiger partial charge in [-0.25, -0.2) is 0 Å².